The Bertz CT molecular complexity index is 3390. The maximum atomic E-state index is 9.69. The van der Waals surface area contributed by atoms with Crippen LogP contribution in [0.5, 0.6) is 0 Å². The lowest BCUT2D eigenvalue weighted by atomic mass is 9.82. The topological polar surface area (TPSA) is 38.7 Å². The quantitative estimate of drug-likeness (QED) is 0.192. The molecule has 212 valence electrons. The highest BCUT2D eigenvalue weighted by atomic mass is 15.0. The van der Waals surface area contributed by atoms with Crippen molar-refractivity contribution in [2.45, 2.75) is 19.3 Å². The number of aromatic nitrogens is 3. The Kier molecular flexibility index (Phi) is 3.00. The summed E-state index contributed by atoms with van der Waals surface area (Å²) in [7, 11) is 0. The van der Waals surface area contributed by atoms with Gasteiger partial charge in [-0.25, -0.2) is 15.0 Å². The molecule has 1 aliphatic rings. The number of nitrogens with zero attached hydrogens (tertiary/aromatic N) is 3. The Morgan fingerprint density at radius 1 is 0.489 bits per heavy atom. The summed E-state index contributed by atoms with van der Waals surface area (Å²) >= 11 is 0. The fraction of sp³-hybridized carbons (Fsp3) is 0.0714. The van der Waals surface area contributed by atoms with Gasteiger partial charge < -0.3 is 0 Å². The third-order valence-corrected chi connectivity index (χ3v) is 8.19. The van der Waals surface area contributed by atoms with E-state index < -0.39 is 131 Å². The van der Waals surface area contributed by atoms with Crippen molar-refractivity contribution in [2.75, 3.05) is 0 Å². The molecule has 9 rings (SSSR count). The van der Waals surface area contributed by atoms with Crippen LogP contribution >= 0.6 is 0 Å². The molecular formula is C42H29N3. The second-order valence-corrected chi connectivity index (χ2v) is 11.1. The van der Waals surface area contributed by atoms with Crippen molar-refractivity contribution in [3.63, 3.8) is 0 Å². The van der Waals surface area contributed by atoms with Gasteiger partial charge in [-0.15, -0.1) is 0 Å². The van der Waals surface area contributed by atoms with Gasteiger partial charge in [0.2, 0.25) is 0 Å². The zero-order valence-corrected chi connectivity index (χ0v) is 23.8. The van der Waals surface area contributed by atoms with Crippen molar-refractivity contribution in [3.05, 3.63) is 150 Å². The molecule has 1 heterocycles. The van der Waals surface area contributed by atoms with Crippen LogP contribution in [0, 0.1) is 0 Å². The molecule has 7 aromatic carbocycles. The predicted molar refractivity (Wildman–Crippen MR) is 186 cm³/mol. The third kappa shape index (κ3) is 3.94. The van der Waals surface area contributed by atoms with Gasteiger partial charge in [0.25, 0.3) is 0 Å². The van der Waals surface area contributed by atoms with Crippen molar-refractivity contribution in [2.24, 2.45) is 0 Å². The van der Waals surface area contributed by atoms with Crippen LogP contribution in [-0.2, 0) is 5.41 Å². The normalized spacial score (nSPS) is 18.6. The minimum absolute atomic E-state index is 0.00910. The van der Waals surface area contributed by atoms with Crippen molar-refractivity contribution in [3.8, 4) is 45.3 Å². The van der Waals surface area contributed by atoms with E-state index in [2.05, 4.69) is 15.0 Å². The monoisotopic (exact) mass is 592 g/mol. The molecule has 0 unspecified atom stereocenters. The number of fused-ring (bicyclic) bond motifs is 8. The Labute approximate surface area is 285 Å². The summed E-state index contributed by atoms with van der Waals surface area (Å²) in [5, 5.41) is 1.81. The molecular weight excluding hydrogens is 546 g/mol. The highest BCUT2D eigenvalue weighted by Crippen LogP contribution is 2.51. The Balaban J connectivity index is 1.48. The van der Waals surface area contributed by atoms with Crippen molar-refractivity contribution in [1.29, 1.82) is 0 Å². The van der Waals surface area contributed by atoms with Crippen LogP contribution in [0.4, 0.5) is 0 Å². The lowest BCUT2D eigenvalue weighted by molar-refractivity contribution is 0.660. The first kappa shape index (κ1) is 14.0. The van der Waals surface area contributed by atoms with Gasteiger partial charge in [-0.05, 0) is 60.6 Å². The summed E-state index contributed by atoms with van der Waals surface area (Å²) in [6.07, 6.45) is 0. The first-order chi connectivity index (χ1) is 29.1. The van der Waals surface area contributed by atoms with E-state index in [1.807, 2.05) is 12.1 Å². The minimum atomic E-state index is -1.35. The third-order valence-electron chi connectivity index (χ3n) is 8.19. The second-order valence-electron chi connectivity index (χ2n) is 11.1. The van der Waals surface area contributed by atoms with Gasteiger partial charge in [0.15, 0.2) is 17.5 Å². The Hall–Kier alpha value is -5.67. The summed E-state index contributed by atoms with van der Waals surface area (Å²) in [6.45, 7) is 3.22. The van der Waals surface area contributed by atoms with E-state index in [1.165, 1.54) is 0 Å². The van der Waals surface area contributed by atoms with Crippen molar-refractivity contribution in [1.82, 2.24) is 15.0 Å². The predicted octanol–water partition coefficient (Wildman–Crippen LogP) is 10.6. The molecule has 0 amide bonds. The average Bonchev–Trinajstić information content (AvgIpc) is 3.49. The van der Waals surface area contributed by atoms with Crippen LogP contribution in [0.2, 0.25) is 0 Å². The molecule has 1 aliphatic carbocycles. The molecule has 3 nitrogen and oxygen atoms in total. The maximum absolute atomic E-state index is 9.69. The standard InChI is InChI=1S/C42H29N3/c1-42(2)36-17-9-8-15-33(36)38-34(16-10-18-37(38)42)41-44-39(28-12-4-3-5-13-28)43-40(45-41)29-20-19-27-22-23-31-30-14-7-6-11-26(30)21-24-32(31)35(27)25-29/h3-25H,1-2H3/i3D,4D,5D,8D,9D,10D,12D,13D,15D,16D,17D,18D,19D,20D,22D,23D,25D. The van der Waals surface area contributed by atoms with Crippen molar-refractivity contribution < 1.29 is 23.3 Å². The summed E-state index contributed by atoms with van der Waals surface area (Å²) in [5.74, 6) is -1.65. The van der Waals surface area contributed by atoms with E-state index in [0.29, 0.717) is 16.2 Å². The molecule has 1 aromatic heterocycles. The highest BCUT2D eigenvalue weighted by Gasteiger charge is 2.37. The van der Waals surface area contributed by atoms with Crippen molar-refractivity contribution >= 4 is 32.3 Å². The van der Waals surface area contributed by atoms with Gasteiger partial charge in [0, 0.05) is 22.1 Å². The molecule has 0 fully saturated rings. The molecule has 0 aliphatic heterocycles. The summed E-state index contributed by atoms with van der Waals surface area (Å²) in [5.41, 5.74) is -2.67. The van der Waals surface area contributed by atoms with E-state index >= 15 is 0 Å². The maximum Gasteiger partial charge on any atom is 0.164 e. The van der Waals surface area contributed by atoms with E-state index in [9.17, 15) is 5.48 Å². The molecule has 0 bridgehead atoms. The van der Waals surface area contributed by atoms with Crippen LogP contribution in [0.3, 0.4) is 0 Å². The van der Waals surface area contributed by atoms with Crippen LogP contribution in [0.1, 0.15) is 48.3 Å². The smallest absolute Gasteiger partial charge is 0.164 e. The molecule has 45 heavy (non-hydrogen) atoms. The van der Waals surface area contributed by atoms with Crippen LogP contribution in [0.15, 0.2) is 139 Å². The molecule has 0 saturated carbocycles. The first-order valence-electron chi connectivity index (χ1n) is 22.6. The molecule has 0 N–H and O–H groups in total. The first-order valence-corrected chi connectivity index (χ1v) is 14.1. The Morgan fingerprint density at radius 3 is 2.09 bits per heavy atom. The number of hydrogen-bond donors (Lipinski definition) is 0. The van der Waals surface area contributed by atoms with Crippen LogP contribution in [-0.4, -0.2) is 15.0 Å². The van der Waals surface area contributed by atoms with Crippen LogP contribution < -0.4 is 0 Å². The van der Waals surface area contributed by atoms with Gasteiger partial charge in [-0.2, -0.15) is 0 Å². The lowest BCUT2D eigenvalue weighted by Crippen LogP contribution is -2.14. The molecule has 0 atom stereocenters. The van der Waals surface area contributed by atoms with Gasteiger partial charge in [0.05, 0.1) is 23.3 Å². The number of hydrogen-bond acceptors (Lipinski definition) is 3. The molecule has 3 heteroatoms. The number of rotatable bonds is 3. The molecule has 0 radical (unpaired) electrons. The molecule has 8 aromatic rings. The minimum Gasteiger partial charge on any atom is -0.208 e. The zero-order chi connectivity index (χ0) is 44.9. The van der Waals surface area contributed by atoms with Crippen LogP contribution in [0.25, 0.3) is 77.6 Å². The molecule has 0 saturated heterocycles. The summed E-state index contributed by atoms with van der Waals surface area (Å²) in [4.78, 5) is 13.7. The second kappa shape index (κ2) is 9.67. The zero-order valence-electron chi connectivity index (χ0n) is 40.8. The lowest BCUT2D eigenvalue weighted by Gasteiger charge is -2.21. The fourth-order valence-corrected chi connectivity index (χ4v) is 6.01. The van der Waals surface area contributed by atoms with Gasteiger partial charge in [0.1, 0.15) is 0 Å². The van der Waals surface area contributed by atoms with E-state index in [0.717, 1.165) is 5.39 Å². The van der Waals surface area contributed by atoms with Gasteiger partial charge in [-0.1, -0.05) is 147 Å². The summed E-state index contributed by atoms with van der Waals surface area (Å²) < 4.78 is 151. The average molecular weight is 593 g/mol. The fourth-order valence-electron chi connectivity index (χ4n) is 6.01. The van der Waals surface area contributed by atoms with E-state index in [-0.39, 0.29) is 44.6 Å². The SMILES string of the molecule is [2H]c1c([2H])c([2H])c(-c2nc(-c3c([2H])c([2H])c([2H])c4c3-c3c([2H])c([2H])c([2H])c([2H])c3C4(C)C)nc(-c3c([2H])c([2H])c4c([2H])c([2H])c5c6ccccc6ccc5c4c3[2H])n2)c([2H])c1[2H]. The van der Waals surface area contributed by atoms with Gasteiger partial charge >= 0.3 is 0 Å². The summed E-state index contributed by atoms with van der Waals surface area (Å²) in [6, 6.07) is 0.701. The molecule has 0 spiro atoms. The number of benzene rings is 7. The largest absolute Gasteiger partial charge is 0.208 e. The Morgan fingerprint density at radius 2 is 1.20 bits per heavy atom. The highest BCUT2D eigenvalue weighted by molar-refractivity contribution is 6.17. The van der Waals surface area contributed by atoms with Gasteiger partial charge in [-0.3, -0.25) is 0 Å². The van der Waals surface area contributed by atoms with E-state index in [4.69, 9.17) is 17.8 Å². The van der Waals surface area contributed by atoms with E-state index in [1.54, 1.807) is 38.1 Å².